The zero-order valence-electron chi connectivity index (χ0n) is 9.76. The van der Waals surface area contributed by atoms with Gasteiger partial charge < -0.3 is 15.0 Å². The lowest BCUT2D eigenvalue weighted by molar-refractivity contribution is 0.340. The number of aromatic hydroxyl groups is 1. The Balaban J connectivity index is 1.86. The summed E-state index contributed by atoms with van der Waals surface area (Å²) in [5, 5.41) is 12.9. The zero-order valence-corrected chi connectivity index (χ0v) is 9.76. The number of benzene rings is 1. The van der Waals surface area contributed by atoms with Gasteiger partial charge in [-0.2, -0.15) is 0 Å². The summed E-state index contributed by atoms with van der Waals surface area (Å²) < 4.78 is 2.15. The number of aromatic nitrogens is 2. The molecule has 3 rings (SSSR count). The molecule has 1 aliphatic rings. The Bertz CT molecular complexity index is 514. The van der Waals surface area contributed by atoms with Crippen LogP contribution in [-0.4, -0.2) is 27.7 Å². The molecule has 1 aliphatic heterocycles. The van der Waals surface area contributed by atoms with Gasteiger partial charge in [-0.1, -0.05) is 0 Å². The van der Waals surface area contributed by atoms with Crippen molar-refractivity contribution >= 4 is 11.0 Å². The predicted octanol–water partition coefficient (Wildman–Crippen LogP) is 1.74. The van der Waals surface area contributed by atoms with E-state index in [-0.39, 0.29) is 0 Å². The number of piperidine rings is 1. The molecule has 2 heterocycles. The fourth-order valence-electron chi connectivity index (χ4n) is 2.55. The molecular formula is C13H17N3O. The second-order valence-electron chi connectivity index (χ2n) is 4.78. The van der Waals surface area contributed by atoms with Crippen molar-refractivity contribution in [2.45, 2.75) is 19.4 Å². The third-order valence-corrected chi connectivity index (χ3v) is 3.46. The highest BCUT2D eigenvalue weighted by Gasteiger charge is 2.14. The second kappa shape index (κ2) is 4.37. The van der Waals surface area contributed by atoms with Crippen LogP contribution in [0.2, 0.25) is 0 Å². The third kappa shape index (κ3) is 2.13. The fraction of sp³-hybridized carbons (Fsp3) is 0.462. The Morgan fingerprint density at radius 3 is 3.24 bits per heavy atom. The van der Waals surface area contributed by atoms with Crippen LogP contribution in [0.3, 0.4) is 0 Å². The molecule has 0 radical (unpaired) electrons. The van der Waals surface area contributed by atoms with Crippen LogP contribution in [-0.2, 0) is 6.54 Å². The minimum absolute atomic E-state index is 0.306. The van der Waals surface area contributed by atoms with Crippen LogP contribution in [0.15, 0.2) is 24.5 Å². The Kier molecular flexibility index (Phi) is 2.73. The van der Waals surface area contributed by atoms with Crippen molar-refractivity contribution in [2.75, 3.05) is 13.1 Å². The highest BCUT2D eigenvalue weighted by Crippen LogP contribution is 2.21. The van der Waals surface area contributed by atoms with Crippen molar-refractivity contribution in [1.29, 1.82) is 0 Å². The van der Waals surface area contributed by atoms with Crippen LogP contribution in [0, 0.1) is 5.92 Å². The second-order valence-corrected chi connectivity index (χ2v) is 4.78. The summed E-state index contributed by atoms with van der Waals surface area (Å²) in [4.78, 5) is 4.36. The maximum Gasteiger partial charge on any atom is 0.117 e. The van der Waals surface area contributed by atoms with Crippen LogP contribution in [0.1, 0.15) is 12.8 Å². The molecule has 0 saturated carbocycles. The van der Waals surface area contributed by atoms with E-state index in [1.807, 2.05) is 12.4 Å². The molecule has 1 aromatic carbocycles. The normalized spacial score (nSPS) is 20.8. The average molecular weight is 231 g/mol. The number of phenols is 1. The molecule has 1 saturated heterocycles. The summed E-state index contributed by atoms with van der Waals surface area (Å²) in [7, 11) is 0. The van der Waals surface area contributed by atoms with E-state index in [0.29, 0.717) is 11.7 Å². The van der Waals surface area contributed by atoms with Gasteiger partial charge in [-0.3, -0.25) is 0 Å². The standard InChI is InChI=1S/C13H17N3O/c17-11-3-4-12-13(6-11)16(9-15-12)8-10-2-1-5-14-7-10/h3-4,6,9-10,14,17H,1-2,5,7-8H2. The molecule has 0 aliphatic carbocycles. The van der Waals surface area contributed by atoms with Crippen LogP contribution in [0.25, 0.3) is 11.0 Å². The van der Waals surface area contributed by atoms with E-state index in [4.69, 9.17) is 0 Å². The van der Waals surface area contributed by atoms with Gasteiger partial charge in [-0.25, -0.2) is 4.98 Å². The molecular weight excluding hydrogens is 214 g/mol. The molecule has 17 heavy (non-hydrogen) atoms. The highest BCUT2D eigenvalue weighted by atomic mass is 16.3. The quantitative estimate of drug-likeness (QED) is 0.827. The summed E-state index contributed by atoms with van der Waals surface area (Å²) in [5.74, 6) is 0.976. The number of imidazole rings is 1. The van der Waals surface area contributed by atoms with Crippen molar-refractivity contribution in [2.24, 2.45) is 5.92 Å². The first kappa shape index (κ1) is 10.6. The minimum atomic E-state index is 0.306. The molecule has 0 amide bonds. The highest BCUT2D eigenvalue weighted by molar-refractivity contribution is 5.76. The third-order valence-electron chi connectivity index (χ3n) is 3.46. The van der Waals surface area contributed by atoms with Crippen molar-refractivity contribution in [3.05, 3.63) is 24.5 Å². The van der Waals surface area contributed by atoms with E-state index in [0.717, 1.165) is 30.7 Å². The number of fused-ring (bicyclic) bond motifs is 1. The molecule has 2 N–H and O–H groups in total. The van der Waals surface area contributed by atoms with Gasteiger partial charge in [-0.05, 0) is 44.0 Å². The van der Waals surface area contributed by atoms with Crippen molar-refractivity contribution < 1.29 is 5.11 Å². The molecule has 1 aromatic heterocycles. The molecule has 0 spiro atoms. The van der Waals surface area contributed by atoms with Crippen molar-refractivity contribution in [1.82, 2.24) is 14.9 Å². The molecule has 2 aromatic rings. The molecule has 4 heteroatoms. The van der Waals surface area contributed by atoms with Gasteiger partial charge in [0.1, 0.15) is 5.75 Å². The Hall–Kier alpha value is -1.55. The number of phenolic OH excluding ortho intramolecular Hbond substituents is 1. The van der Waals surface area contributed by atoms with Crippen LogP contribution < -0.4 is 5.32 Å². The average Bonchev–Trinajstić information content (AvgIpc) is 2.73. The topological polar surface area (TPSA) is 50.1 Å². The number of hydrogen-bond acceptors (Lipinski definition) is 3. The first-order valence-corrected chi connectivity index (χ1v) is 6.17. The molecule has 1 unspecified atom stereocenters. The zero-order chi connectivity index (χ0) is 11.7. The number of nitrogens with one attached hydrogen (secondary N) is 1. The summed E-state index contributed by atoms with van der Waals surface area (Å²) in [5.41, 5.74) is 1.97. The van der Waals surface area contributed by atoms with E-state index in [9.17, 15) is 5.11 Å². The molecule has 4 nitrogen and oxygen atoms in total. The summed E-state index contributed by atoms with van der Waals surface area (Å²) in [6.07, 6.45) is 4.40. The van der Waals surface area contributed by atoms with Crippen molar-refractivity contribution in [3.63, 3.8) is 0 Å². The van der Waals surface area contributed by atoms with E-state index in [1.165, 1.54) is 12.8 Å². The van der Waals surface area contributed by atoms with Gasteiger partial charge >= 0.3 is 0 Å². The Labute approximate surface area is 100 Å². The van der Waals surface area contributed by atoms with Crippen LogP contribution in [0.4, 0.5) is 0 Å². The van der Waals surface area contributed by atoms with Gasteiger partial charge in [0.25, 0.3) is 0 Å². The summed E-state index contributed by atoms with van der Waals surface area (Å²) in [6.45, 7) is 3.20. The maximum absolute atomic E-state index is 9.53. The summed E-state index contributed by atoms with van der Waals surface area (Å²) in [6, 6.07) is 5.33. The van der Waals surface area contributed by atoms with E-state index in [1.54, 1.807) is 12.1 Å². The number of rotatable bonds is 2. The van der Waals surface area contributed by atoms with Crippen molar-refractivity contribution in [3.8, 4) is 5.75 Å². The van der Waals surface area contributed by atoms with Crippen LogP contribution >= 0.6 is 0 Å². The Morgan fingerprint density at radius 1 is 1.47 bits per heavy atom. The Morgan fingerprint density at radius 2 is 2.41 bits per heavy atom. The molecule has 90 valence electrons. The molecule has 0 bridgehead atoms. The van der Waals surface area contributed by atoms with E-state index >= 15 is 0 Å². The first-order chi connectivity index (χ1) is 8.33. The smallest absolute Gasteiger partial charge is 0.117 e. The number of hydrogen-bond donors (Lipinski definition) is 2. The maximum atomic E-state index is 9.53. The largest absolute Gasteiger partial charge is 0.508 e. The first-order valence-electron chi connectivity index (χ1n) is 6.17. The predicted molar refractivity (Wildman–Crippen MR) is 67.0 cm³/mol. The monoisotopic (exact) mass is 231 g/mol. The van der Waals surface area contributed by atoms with Gasteiger partial charge in [-0.15, -0.1) is 0 Å². The summed E-state index contributed by atoms with van der Waals surface area (Å²) >= 11 is 0. The van der Waals surface area contributed by atoms with Gasteiger partial charge in [0.15, 0.2) is 0 Å². The van der Waals surface area contributed by atoms with E-state index < -0.39 is 0 Å². The molecule has 1 atom stereocenters. The lowest BCUT2D eigenvalue weighted by atomic mass is 10.00. The van der Waals surface area contributed by atoms with Gasteiger partial charge in [0.2, 0.25) is 0 Å². The minimum Gasteiger partial charge on any atom is -0.508 e. The fourth-order valence-corrected chi connectivity index (χ4v) is 2.55. The SMILES string of the molecule is Oc1ccc2ncn(CC3CCCNC3)c2c1. The number of nitrogens with zero attached hydrogens (tertiary/aromatic N) is 2. The van der Waals surface area contributed by atoms with Gasteiger partial charge in [0.05, 0.1) is 17.4 Å². The molecule has 1 fully saturated rings. The lowest BCUT2D eigenvalue weighted by Gasteiger charge is -2.23. The van der Waals surface area contributed by atoms with Gasteiger partial charge in [0, 0.05) is 12.6 Å². The van der Waals surface area contributed by atoms with Crippen LogP contribution in [0.5, 0.6) is 5.75 Å². The van der Waals surface area contributed by atoms with E-state index in [2.05, 4.69) is 14.9 Å². The lowest BCUT2D eigenvalue weighted by Crippen LogP contribution is -2.32.